The van der Waals surface area contributed by atoms with Crippen LogP contribution in [0.25, 0.3) is 43.1 Å². The first-order chi connectivity index (χ1) is 17.4. The zero-order valence-electron chi connectivity index (χ0n) is 20.5. The Bertz CT molecular complexity index is 1640. The maximum Gasteiger partial charge on any atom is 0.114 e. The van der Waals surface area contributed by atoms with E-state index in [-0.39, 0.29) is 0 Å². The Morgan fingerprint density at radius 3 is 0.972 bits per heavy atom. The van der Waals surface area contributed by atoms with Crippen LogP contribution in [0, 0.1) is 0 Å². The molecule has 6 aromatic rings. The average Bonchev–Trinajstić information content (AvgIpc) is 2.89. The van der Waals surface area contributed by atoms with Gasteiger partial charge >= 0.3 is 0 Å². The summed E-state index contributed by atoms with van der Waals surface area (Å²) in [6.07, 6.45) is 0.798. The minimum atomic E-state index is -2.85. The molecular weight excluding hydrogens is 478 g/mol. The van der Waals surface area contributed by atoms with Crippen molar-refractivity contribution in [1.82, 2.24) is 0 Å². The Hall–Kier alpha value is -3.18. The first kappa shape index (κ1) is 23.2. The maximum atomic E-state index is 14.5. The molecule has 0 N–H and O–H groups in total. The molecule has 2 nitrogen and oxygen atoms in total. The van der Waals surface area contributed by atoms with Gasteiger partial charge in [-0.15, -0.1) is 0 Å². The third-order valence-corrected chi connectivity index (χ3v) is 12.7. The van der Waals surface area contributed by atoms with Crippen molar-refractivity contribution in [2.45, 2.75) is 0 Å². The van der Waals surface area contributed by atoms with Gasteiger partial charge in [0.15, 0.2) is 0 Å². The number of hydrogen-bond acceptors (Lipinski definition) is 2. The van der Waals surface area contributed by atoms with Gasteiger partial charge in [-0.1, -0.05) is 97.1 Å². The number of hydrogen-bond donors (Lipinski definition) is 0. The largest absolute Gasteiger partial charge is 0.319 e. The quantitative estimate of drug-likeness (QED) is 0.174. The predicted octanol–water partition coefficient (Wildman–Crippen LogP) is 8.24. The van der Waals surface area contributed by atoms with Gasteiger partial charge in [0, 0.05) is 22.9 Å². The van der Waals surface area contributed by atoms with Crippen molar-refractivity contribution in [3.8, 4) is 0 Å². The predicted molar refractivity (Wildman–Crippen MR) is 159 cm³/mol. The molecule has 0 unspecified atom stereocenters. The van der Waals surface area contributed by atoms with Gasteiger partial charge in [0.05, 0.1) is 0 Å². The molecule has 0 amide bonds. The number of rotatable bonds is 5. The van der Waals surface area contributed by atoms with Crippen LogP contribution in [0.4, 0.5) is 0 Å². The molecule has 0 bridgehead atoms. The Morgan fingerprint density at radius 1 is 0.444 bits per heavy atom. The van der Waals surface area contributed by atoms with E-state index in [0.717, 1.165) is 53.7 Å². The van der Waals surface area contributed by atoms with Crippen LogP contribution < -0.4 is 10.6 Å². The first-order valence-electron chi connectivity index (χ1n) is 12.3. The van der Waals surface area contributed by atoms with Crippen LogP contribution in [0.1, 0.15) is 0 Å². The van der Waals surface area contributed by atoms with E-state index in [1.165, 1.54) is 0 Å². The van der Waals surface area contributed by atoms with Crippen LogP contribution in [0.15, 0.2) is 109 Å². The van der Waals surface area contributed by atoms with Crippen molar-refractivity contribution >= 4 is 68.0 Å². The SMILES string of the molecule is C[P@@](=O)(CC[P@@](C)(=O)c1c2ccccc2cc2ccccc12)c1c2ccccc2cc2ccccc12. The van der Waals surface area contributed by atoms with Crippen LogP contribution in [0.5, 0.6) is 0 Å². The van der Waals surface area contributed by atoms with E-state index in [2.05, 4.69) is 60.7 Å². The topological polar surface area (TPSA) is 34.1 Å². The lowest BCUT2D eigenvalue weighted by Crippen LogP contribution is -2.16. The summed E-state index contributed by atoms with van der Waals surface area (Å²) in [7, 11) is -5.69. The standard InChI is InChI=1S/C32H28O2P2/c1-35(33,31-27-15-7-3-11-23(27)21-24-12-4-8-16-28(24)31)19-20-36(2,34)32-29-17-9-5-13-25(29)22-26-14-6-10-18-30(26)32/h3-18,21-22H,19-20H2,1-2H3/t35-,36-/m1/s1. The highest BCUT2D eigenvalue weighted by Gasteiger charge is 2.30. The van der Waals surface area contributed by atoms with Gasteiger partial charge in [0.25, 0.3) is 0 Å². The van der Waals surface area contributed by atoms with Gasteiger partial charge in [-0.3, -0.25) is 0 Å². The van der Waals surface area contributed by atoms with E-state index >= 15 is 0 Å². The van der Waals surface area contributed by atoms with Crippen molar-refractivity contribution in [2.24, 2.45) is 0 Å². The molecule has 36 heavy (non-hydrogen) atoms. The van der Waals surface area contributed by atoms with Crippen LogP contribution >= 0.6 is 14.3 Å². The molecular formula is C32H28O2P2. The highest BCUT2D eigenvalue weighted by atomic mass is 31.2. The molecule has 0 aliphatic carbocycles. The summed E-state index contributed by atoms with van der Waals surface area (Å²) in [5, 5.41) is 10.3. The Balaban J connectivity index is 1.48. The molecule has 2 atom stereocenters. The van der Waals surface area contributed by atoms with Crippen molar-refractivity contribution in [1.29, 1.82) is 0 Å². The van der Waals surface area contributed by atoms with Crippen LogP contribution in [0.2, 0.25) is 0 Å². The van der Waals surface area contributed by atoms with Gasteiger partial charge in [-0.25, -0.2) is 0 Å². The molecule has 0 saturated carbocycles. The Labute approximate surface area is 211 Å². The van der Waals surface area contributed by atoms with Gasteiger partial charge < -0.3 is 9.13 Å². The Kier molecular flexibility index (Phi) is 5.64. The lowest BCUT2D eigenvalue weighted by atomic mass is 10.0. The smallest absolute Gasteiger partial charge is 0.114 e. The maximum absolute atomic E-state index is 14.5. The molecule has 0 saturated heterocycles. The van der Waals surface area contributed by atoms with Crippen LogP contribution in [-0.4, -0.2) is 25.7 Å². The van der Waals surface area contributed by atoms with Crippen molar-refractivity contribution < 1.29 is 9.13 Å². The molecule has 0 fully saturated rings. The molecule has 0 aliphatic rings. The van der Waals surface area contributed by atoms with Crippen molar-refractivity contribution in [3.63, 3.8) is 0 Å². The molecule has 0 heterocycles. The van der Waals surface area contributed by atoms with Crippen molar-refractivity contribution in [3.05, 3.63) is 109 Å². The van der Waals surface area contributed by atoms with Gasteiger partial charge in [0.2, 0.25) is 0 Å². The second kappa shape index (κ2) is 8.74. The molecule has 4 heteroatoms. The highest BCUT2D eigenvalue weighted by molar-refractivity contribution is 7.75. The summed E-state index contributed by atoms with van der Waals surface area (Å²) in [5.74, 6) is 0. The van der Waals surface area contributed by atoms with Gasteiger partial charge in [-0.05, 0) is 68.6 Å². The van der Waals surface area contributed by atoms with Gasteiger partial charge in [0.1, 0.15) is 14.3 Å². The number of benzene rings is 6. The molecule has 6 aromatic carbocycles. The normalized spacial score (nSPS) is 15.3. The molecule has 178 valence electrons. The van der Waals surface area contributed by atoms with E-state index in [9.17, 15) is 9.13 Å². The fourth-order valence-corrected chi connectivity index (χ4v) is 12.0. The average molecular weight is 507 g/mol. The second-order valence-corrected chi connectivity index (χ2v) is 16.2. The molecule has 0 aromatic heterocycles. The van der Waals surface area contributed by atoms with E-state index in [4.69, 9.17) is 0 Å². The highest BCUT2D eigenvalue weighted by Crippen LogP contribution is 2.51. The third kappa shape index (κ3) is 3.90. The zero-order valence-corrected chi connectivity index (χ0v) is 22.3. The summed E-state index contributed by atoms with van der Waals surface area (Å²) in [6, 6.07) is 37.0. The fourth-order valence-electron chi connectivity index (χ4n) is 5.60. The zero-order chi connectivity index (χ0) is 24.9. The molecule has 6 rings (SSSR count). The van der Waals surface area contributed by atoms with E-state index in [1.807, 2.05) is 61.9 Å². The van der Waals surface area contributed by atoms with Crippen LogP contribution in [-0.2, 0) is 9.13 Å². The summed E-state index contributed by atoms with van der Waals surface area (Å²) >= 11 is 0. The lowest BCUT2D eigenvalue weighted by Gasteiger charge is -2.23. The number of fused-ring (bicyclic) bond motifs is 4. The first-order valence-corrected chi connectivity index (χ1v) is 17.0. The summed E-state index contributed by atoms with van der Waals surface area (Å²) in [6.45, 7) is 3.75. The molecule has 0 radical (unpaired) electrons. The monoisotopic (exact) mass is 506 g/mol. The molecule has 0 spiro atoms. The summed E-state index contributed by atoms with van der Waals surface area (Å²) < 4.78 is 29.1. The second-order valence-electron chi connectivity index (χ2n) is 9.98. The van der Waals surface area contributed by atoms with E-state index in [0.29, 0.717) is 12.3 Å². The summed E-state index contributed by atoms with van der Waals surface area (Å²) in [5.41, 5.74) is 0. The Morgan fingerprint density at radius 2 is 0.694 bits per heavy atom. The van der Waals surface area contributed by atoms with Gasteiger partial charge in [-0.2, -0.15) is 0 Å². The van der Waals surface area contributed by atoms with Crippen molar-refractivity contribution in [2.75, 3.05) is 25.7 Å². The molecule has 0 aliphatic heterocycles. The van der Waals surface area contributed by atoms with Crippen LogP contribution in [0.3, 0.4) is 0 Å². The summed E-state index contributed by atoms with van der Waals surface area (Å²) in [4.78, 5) is 0. The minimum Gasteiger partial charge on any atom is -0.319 e. The van der Waals surface area contributed by atoms with E-state index in [1.54, 1.807) is 0 Å². The lowest BCUT2D eigenvalue weighted by molar-refractivity contribution is 0.579. The fraction of sp³-hybridized carbons (Fsp3) is 0.125. The van der Waals surface area contributed by atoms with E-state index < -0.39 is 14.3 Å². The third-order valence-electron chi connectivity index (χ3n) is 7.39. The minimum absolute atomic E-state index is 0.399.